The van der Waals surface area contributed by atoms with Gasteiger partial charge in [0.05, 0.1) is 39.0 Å². The molecule has 0 aliphatic heterocycles. The molecular weight excluding hydrogens is 817 g/mol. The van der Waals surface area contributed by atoms with Crippen molar-refractivity contribution >= 4 is 32.8 Å². The molecular formula is C62H52N4O. The Morgan fingerprint density at radius 3 is 1.79 bits per heavy atom. The van der Waals surface area contributed by atoms with Crippen LogP contribution in [0.3, 0.4) is 0 Å². The fourth-order valence-electron chi connectivity index (χ4n) is 9.78. The van der Waals surface area contributed by atoms with Crippen molar-refractivity contribution in [1.82, 2.24) is 19.1 Å². The van der Waals surface area contributed by atoms with Gasteiger partial charge in [0.25, 0.3) is 0 Å². The van der Waals surface area contributed by atoms with E-state index in [2.05, 4.69) is 245 Å². The SMILES string of the molecule is CC(C)(C)c1cc(-c2nc3c(-c4cc(-c5ccccc5)cc(-c5nccc6c7ccccc7n(-c7ccccc7)c56)c4)cccc3n2-c2ccccc2-c2ccccc2)c(O)c(C(C)(C)C)c1. The number of hydrogen-bond acceptors (Lipinski definition) is 3. The summed E-state index contributed by atoms with van der Waals surface area (Å²) in [7, 11) is 0. The van der Waals surface area contributed by atoms with E-state index in [0.717, 1.165) is 94.6 Å². The first-order valence-electron chi connectivity index (χ1n) is 23.1. The Labute approximate surface area is 392 Å². The van der Waals surface area contributed by atoms with E-state index in [4.69, 9.17) is 9.97 Å². The maximum atomic E-state index is 12.5. The maximum Gasteiger partial charge on any atom is 0.149 e. The van der Waals surface area contributed by atoms with Gasteiger partial charge in [-0.3, -0.25) is 9.55 Å². The summed E-state index contributed by atoms with van der Waals surface area (Å²) >= 11 is 0. The standard InChI is InChI=1S/C62H52N4O/c1-61(2,3)45-38-51(59(67)52(39-45)62(4,5)6)60-64-57-48(29-20-32-55(57)66(60)53-30-18-16-27-47(53)41-23-12-8-13-24-41)43-35-42(40-21-10-7-11-22-40)36-44(37-43)56-58-50(33-34-63-56)49-28-17-19-31-54(49)65(58)46-25-14-9-15-26-46/h7-39,67H,1-6H3. The molecule has 0 radical (unpaired) electrons. The largest absolute Gasteiger partial charge is 0.507 e. The third-order valence-corrected chi connectivity index (χ3v) is 13.2. The van der Waals surface area contributed by atoms with E-state index in [1.54, 1.807) is 0 Å². The predicted octanol–water partition coefficient (Wildman–Crippen LogP) is 16.2. The highest BCUT2D eigenvalue weighted by Crippen LogP contribution is 2.46. The molecule has 0 atom stereocenters. The molecule has 0 saturated carbocycles. The van der Waals surface area contributed by atoms with Crippen molar-refractivity contribution in [2.45, 2.75) is 52.4 Å². The summed E-state index contributed by atoms with van der Waals surface area (Å²) < 4.78 is 4.61. The molecule has 5 nitrogen and oxygen atoms in total. The molecule has 67 heavy (non-hydrogen) atoms. The number of phenolic OH excluding ortho intramolecular Hbond substituents is 1. The molecule has 0 unspecified atom stereocenters. The van der Waals surface area contributed by atoms with Crippen LogP contribution in [0.25, 0.3) is 100 Å². The number of aromatic hydroxyl groups is 1. The molecule has 0 aliphatic rings. The Balaban J connectivity index is 1.23. The van der Waals surface area contributed by atoms with Crippen molar-refractivity contribution in [2.24, 2.45) is 0 Å². The second-order valence-corrected chi connectivity index (χ2v) is 19.7. The number of nitrogens with zero attached hydrogens (tertiary/aromatic N) is 4. The van der Waals surface area contributed by atoms with Crippen molar-refractivity contribution in [2.75, 3.05) is 0 Å². The van der Waals surface area contributed by atoms with Crippen LogP contribution >= 0.6 is 0 Å². The van der Waals surface area contributed by atoms with Crippen LogP contribution in [-0.4, -0.2) is 24.2 Å². The molecule has 0 spiro atoms. The van der Waals surface area contributed by atoms with Crippen LogP contribution in [0.5, 0.6) is 5.75 Å². The van der Waals surface area contributed by atoms with Gasteiger partial charge in [0.2, 0.25) is 0 Å². The summed E-state index contributed by atoms with van der Waals surface area (Å²) in [5.74, 6) is 0.926. The quantitative estimate of drug-likeness (QED) is 0.174. The minimum atomic E-state index is -0.332. The molecule has 11 rings (SSSR count). The summed E-state index contributed by atoms with van der Waals surface area (Å²) in [5, 5.41) is 14.9. The first-order valence-corrected chi connectivity index (χ1v) is 23.1. The molecule has 326 valence electrons. The summed E-state index contributed by atoms with van der Waals surface area (Å²) in [6.45, 7) is 13.2. The molecule has 0 saturated heterocycles. The third-order valence-electron chi connectivity index (χ3n) is 13.2. The van der Waals surface area contributed by atoms with E-state index in [1.165, 1.54) is 5.39 Å². The van der Waals surface area contributed by atoms with E-state index in [0.29, 0.717) is 11.4 Å². The molecule has 3 aromatic heterocycles. The van der Waals surface area contributed by atoms with Gasteiger partial charge in [0.15, 0.2) is 0 Å². The predicted molar refractivity (Wildman–Crippen MR) is 279 cm³/mol. The van der Waals surface area contributed by atoms with Crippen LogP contribution < -0.4 is 0 Å². The van der Waals surface area contributed by atoms with Gasteiger partial charge >= 0.3 is 0 Å². The Kier molecular flexibility index (Phi) is 10.0. The zero-order valence-corrected chi connectivity index (χ0v) is 38.8. The molecule has 0 aliphatic carbocycles. The van der Waals surface area contributed by atoms with Gasteiger partial charge in [0, 0.05) is 44.9 Å². The summed E-state index contributed by atoms with van der Waals surface area (Å²) in [5.41, 5.74) is 16.4. The van der Waals surface area contributed by atoms with E-state index >= 15 is 0 Å². The zero-order chi connectivity index (χ0) is 46.0. The van der Waals surface area contributed by atoms with E-state index in [1.807, 2.05) is 6.20 Å². The number of rotatable bonds is 7. The number of phenols is 1. The van der Waals surface area contributed by atoms with Crippen LogP contribution in [0.15, 0.2) is 200 Å². The van der Waals surface area contributed by atoms with Gasteiger partial charge in [-0.1, -0.05) is 175 Å². The Morgan fingerprint density at radius 2 is 1.06 bits per heavy atom. The lowest BCUT2D eigenvalue weighted by Crippen LogP contribution is -2.17. The highest BCUT2D eigenvalue weighted by atomic mass is 16.3. The highest BCUT2D eigenvalue weighted by molar-refractivity contribution is 6.13. The number of para-hydroxylation sites is 4. The minimum absolute atomic E-state index is 0.191. The second kappa shape index (κ2) is 16.1. The summed E-state index contributed by atoms with van der Waals surface area (Å²) in [6, 6.07) is 68.6. The van der Waals surface area contributed by atoms with E-state index in [-0.39, 0.29) is 16.6 Å². The molecule has 0 amide bonds. The van der Waals surface area contributed by atoms with Crippen molar-refractivity contribution in [3.8, 4) is 73.2 Å². The number of imidazole rings is 1. The van der Waals surface area contributed by atoms with Crippen molar-refractivity contribution in [3.63, 3.8) is 0 Å². The zero-order valence-electron chi connectivity index (χ0n) is 38.8. The van der Waals surface area contributed by atoms with Gasteiger partial charge in [-0.25, -0.2) is 4.98 Å². The van der Waals surface area contributed by atoms with E-state index in [9.17, 15) is 5.11 Å². The van der Waals surface area contributed by atoms with Crippen LogP contribution in [0.4, 0.5) is 0 Å². The first-order chi connectivity index (χ1) is 32.4. The average molecular weight is 869 g/mol. The average Bonchev–Trinajstić information content (AvgIpc) is 3.90. The Morgan fingerprint density at radius 1 is 0.448 bits per heavy atom. The molecule has 0 fully saturated rings. The van der Waals surface area contributed by atoms with Crippen molar-refractivity contribution in [1.29, 1.82) is 0 Å². The van der Waals surface area contributed by atoms with Crippen LogP contribution in [-0.2, 0) is 10.8 Å². The number of pyridine rings is 1. The van der Waals surface area contributed by atoms with Crippen molar-refractivity contribution < 1.29 is 5.11 Å². The Bertz CT molecular complexity index is 3640. The topological polar surface area (TPSA) is 55.9 Å². The molecule has 5 heteroatoms. The van der Waals surface area contributed by atoms with Gasteiger partial charge in [-0.15, -0.1) is 0 Å². The highest BCUT2D eigenvalue weighted by Gasteiger charge is 2.29. The fourth-order valence-corrected chi connectivity index (χ4v) is 9.78. The van der Waals surface area contributed by atoms with Gasteiger partial charge < -0.3 is 9.67 Å². The lowest BCUT2D eigenvalue weighted by Gasteiger charge is -2.27. The van der Waals surface area contributed by atoms with Gasteiger partial charge in [0.1, 0.15) is 11.6 Å². The molecule has 1 N–H and O–H groups in total. The number of benzene rings is 8. The van der Waals surface area contributed by atoms with Crippen LogP contribution in [0.1, 0.15) is 52.7 Å². The lowest BCUT2D eigenvalue weighted by molar-refractivity contribution is 0.446. The van der Waals surface area contributed by atoms with Crippen LogP contribution in [0.2, 0.25) is 0 Å². The molecule has 3 heterocycles. The Hall–Kier alpha value is -8.02. The number of hydrogen-bond donors (Lipinski definition) is 1. The lowest BCUT2D eigenvalue weighted by atomic mass is 9.79. The number of aromatic nitrogens is 4. The summed E-state index contributed by atoms with van der Waals surface area (Å²) in [4.78, 5) is 10.9. The van der Waals surface area contributed by atoms with Crippen molar-refractivity contribution in [3.05, 3.63) is 211 Å². The monoisotopic (exact) mass is 868 g/mol. The molecule has 11 aromatic rings. The first kappa shape index (κ1) is 41.7. The minimum Gasteiger partial charge on any atom is -0.507 e. The summed E-state index contributed by atoms with van der Waals surface area (Å²) in [6.07, 6.45) is 1.94. The van der Waals surface area contributed by atoms with Gasteiger partial charge in [-0.05, 0) is 99.3 Å². The van der Waals surface area contributed by atoms with E-state index < -0.39 is 0 Å². The number of fused-ring (bicyclic) bond motifs is 4. The molecule has 8 aromatic carbocycles. The smallest absolute Gasteiger partial charge is 0.149 e. The van der Waals surface area contributed by atoms with Crippen LogP contribution in [0, 0.1) is 0 Å². The normalized spacial score (nSPS) is 12.1. The fraction of sp³-hybridized carbons (Fsp3) is 0.129. The molecule has 0 bridgehead atoms. The van der Waals surface area contributed by atoms with Gasteiger partial charge in [-0.2, -0.15) is 0 Å². The second-order valence-electron chi connectivity index (χ2n) is 19.7. The maximum absolute atomic E-state index is 12.5. The third kappa shape index (κ3) is 7.28.